The maximum atomic E-state index is 12.8. The Hall–Kier alpha value is -1.23. The van der Waals surface area contributed by atoms with Crippen LogP contribution in [0.25, 0.3) is 0 Å². The normalized spacial score (nSPS) is 13.6. The number of nitrogens with one attached hydrogen (secondary N) is 1. The Bertz CT molecular complexity index is 404. The maximum Gasteiger partial charge on any atom is 0.419 e. The third-order valence-corrected chi connectivity index (χ3v) is 3.07. The fourth-order valence-corrected chi connectivity index (χ4v) is 1.82. The van der Waals surface area contributed by atoms with E-state index in [2.05, 4.69) is 5.32 Å². The summed E-state index contributed by atoms with van der Waals surface area (Å²) >= 11 is 0. The second-order valence-electron chi connectivity index (χ2n) is 5.11. The Morgan fingerprint density at radius 2 is 1.85 bits per heavy atom. The first-order chi connectivity index (χ1) is 9.36. The zero-order valence-corrected chi connectivity index (χ0v) is 12.1. The molecule has 1 aromatic rings. The molecule has 0 bridgehead atoms. The minimum Gasteiger partial charge on any atom is -0.491 e. The largest absolute Gasteiger partial charge is 0.491 e. The third kappa shape index (κ3) is 5.04. The van der Waals surface area contributed by atoms with Gasteiger partial charge < -0.3 is 10.1 Å². The van der Waals surface area contributed by atoms with Crippen molar-refractivity contribution in [3.63, 3.8) is 0 Å². The highest BCUT2D eigenvalue weighted by atomic mass is 19.4. The van der Waals surface area contributed by atoms with Gasteiger partial charge in [0.15, 0.2) is 0 Å². The molecule has 1 unspecified atom stereocenters. The van der Waals surface area contributed by atoms with E-state index >= 15 is 0 Å². The fourth-order valence-electron chi connectivity index (χ4n) is 1.82. The van der Waals surface area contributed by atoms with Crippen LogP contribution in [0.1, 0.15) is 32.8 Å². The van der Waals surface area contributed by atoms with Crippen LogP contribution in [-0.4, -0.2) is 19.2 Å². The number of benzene rings is 1. The van der Waals surface area contributed by atoms with Gasteiger partial charge in [-0.05, 0) is 31.0 Å². The molecular weight excluding hydrogens is 267 g/mol. The Morgan fingerprint density at radius 3 is 2.40 bits per heavy atom. The molecule has 0 aliphatic carbocycles. The maximum absolute atomic E-state index is 12.8. The summed E-state index contributed by atoms with van der Waals surface area (Å²) in [5.41, 5.74) is -0.724. The summed E-state index contributed by atoms with van der Waals surface area (Å²) in [5.74, 6) is 0.184. The third-order valence-electron chi connectivity index (χ3n) is 3.07. The van der Waals surface area contributed by atoms with E-state index < -0.39 is 11.7 Å². The van der Waals surface area contributed by atoms with Gasteiger partial charge in [-0.3, -0.25) is 0 Å². The molecule has 0 radical (unpaired) electrons. The Labute approximate surface area is 118 Å². The predicted octanol–water partition coefficient (Wildman–Crippen LogP) is 4.11. The second kappa shape index (κ2) is 7.53. The summed E-state index contributed by atoms with van der Waals surface area (Å²) in [4.78, 5) is 0. The smallest absolute Gasteiger partial charge is 0.419 e. The average Bonchev–Trinajstić information content (AvgIpc) is 2.37. The highest BCUT2D eigenvalue weighted by Gasteiger charge is 2.34. The van der Waals surface area contributed by atoms with Gasteiger partial charge in [0.2, 0.25) is 0 Å². The van der Waals surface area contributed by atoms with Crippen molar-refractivity contribution >= 4 is 0 Å². The molecule has 0 saturated carbocycles. The molecule has 0 aromatic heterocycles. The van der Waals surface area contributed by atoms with Gasteiger partial charge in [-0.15, -0.1) is 0 Å². The Balaban J connectivity index is 2.73. The molecule has 0 heterocycles. The lowest BCUT2D eigenvalue weighted by atomic mass is 10.1. The van der Waals surface area contributed by atoms with Crippen molar-refractivity contribution in [1.29, 1.82) is 0 Å². The number of para-hydroxylation sites is 1. The fraction of sp³-hybridized carbons (Fsp3) is 0.600. The first kappa shape index (κ1) is 16.8. The standard InChI is InChI=1S/C15H22F3NO/c1-4-9-19-13(11(2)3)10-20-14-8-6-5-7-12(14)15(16,17)18/h5-8,11,13,19H,4,9-10H2,1-3H3. The number of alkyl halides is 3. The summed E-state index contributed by atoms with van der Waals surface area (Å²) in [6.07, 6.45) is -3.41. The Morgan fingerprint density at radius 1 is 1.20 bits per heavy atom. The highest BCUT2D eigenvalue weighted by Crippen LogP contribution is 2.35. The SMILES string of the molecule is CCCNC(COc1ccccc1C(F)(F)F)C(C)C. The van der Waals surface area contributed by atoms with Gasteiger partial charge in [-0.2, -0.15) is 13.2 Å². The van der Waals surface area contributed by atoms with Crippen LogP contribution >= 0.6 is 0 Å². The number of hydrogen-bond acceptors (Lipinski definition) is 2. The summed E-state index contributed by atoms with van der Waals surface area (Å²) in [7, 11) is 0. The minimum atomic E-state index is -4.39. The summed E-state index contributed by atoms with van der Waals surface area (Å²) in [6, 6.07) is 5.36. The molecule has 1 atom stereocenters. The van der Waals surface area contributed by atoms with Crippen molar-refractivity contribution in [3.05, 3.63) is 29.8 Å². The van der Waals surface area contributed by atoms with Crippen LogP contribution in [0, 0.1) is 5.92 Å². The average molecular weight is 289 g/mol. The quantitative estimate of drug-likeness (QED) is 0.815. The molecule has 0 saturated heterocycles. The van der Waals surface area contributed by atoms with E-state index in [1.54, 1.807) is 6.07 Å². The molecule has 0 fully saturated rings. The molecule has 1 rings (SSSR count). The molecule has 0 aliphatic heterocycles. The van der Waals surface area contributed by atoms with Gasteiger partial charge in [0.25, 0.3) is 0 Å². The van der Waals surface area contributed by atoms with Crippen LogP contribution in [0.2, 0.25) is 0 Å². The number of hydrogen-bond donors (Lipinski definition) is 1. The first-order valence-corrected chi connectivity index (χ1v) is 6.88. The first-order valence-electron chi connectivity index (χ1n) is 6.88. The molecule has 20 heavy (non-hydrogen) atoms. The molecule has 114 valence electrons. The van der Waals surface area contributed by atoms with Crippen molar-refractivity contribution in [2.24, 2.45) is 5.92 Å². The lowest BCUT2D eigenvalue weighted by Gasteiger charge is -2.23. The molecule has 1 aromatic carbocycles. The van der Waals surface area contributed by atoms with Crippen LogP contribution in [-0.2, 0) is 6.18 Å². The lowest BCUT2D eigenvalue weighted by molar-refractivity contribution is -0.139. The van der Waals surface area contributed by atoms with Gasteiger partial charge in [0, 0.05) is 6.04 Å². The van der Waals surface area contributed by atoms with E-state index in [1.165, 1.54) is 12.1 Å². The van der Waals surface area contributed by atoms with Crippen molar-refractivity contribution < 1.29 is 17.9 Å². The van der Waals surface area contributed by atoms with Crippen LogP contribution in [0.4, 0.5) is 13.2 Å². The molecule has 0 aliphatic rings. The molecule has 0 amide bonds. The van der Waals surface area contributed by atoms with Gasteiger partial charge in [-0.25, -0.2) is 0 Å². The molecule has 1 N–H and O–H groups in total. The minimum absolute atomic E-state index is 0.0382. The van der Waals surface area contributed by atoms with Gasteiger partial charge in [0.1, 0.15) is 12.4 Å². The molecular formula is C15H22F3NO. The second-order valence-corrected chi connectivity index (χ2v) is 5.11. The zero-order valence-electron chi connectivity index (χ0n) is 12.1. The van der Waals surface area contributed by atoms with E-state index in [4.69, 9.17) is 4.74 Å². The van der Waals surface area contributed by atoms with Crippen molar-refractivity contribution in [1.82, 2.24) is 5.32 Å². The van der Waals surface area contributed by atoms with Crippen molar-refractivity contribution in [2.45, 2.75) is 39.4 Å². The molecule has 5 heteroatoms. The van der Waals surface area contributed by atoms with Crippen LogP contribution in [0.3, 0.4) is 0 Å². The van der Waals surface area contributed by atoms with E-state index in [-0.39, 0.29) is 18.4 Å². The lowest BCUT2D eigenvalue weighted by Crippen LogP contribution is -2.39. The van der Waals surface area contributed by atoms with E-state index in [0.29, 0.717) is 5.92 Å². The molecule has 0 spiro atoms. The summed E-state index contributed by atoms with van der Waals surface area (Å²) in [6.45, 7) is 7.14. The topological polar surface area (TPSA) is 21.3 Å². The van der Waals surface area contributed by atoms with Crippen molar-refractivity contribution in [3.8, 4) is 5.75 Å². The Kier molecular flexibility index (Phi) is 6.33. The number of rotatable bonds is 7. The van der Waals surface area contributed by atoms with E-state index in [0.717, 1.165) is 19.0 Å². The van der Waals surface area contributed by atoms with Gasteiger partial charge in [0.05, 0.1) is 5.56 Å². The van der Waals surface area contributed by atoms with Gasteiger partial charge in [-0.1, -0.05) is 32.9 Å². The zero-order chi connectivity index (χ0) is 15.2. The number of halogens is 3. The summed E-state index contributed by atoms with van der Waals surface area (Å²) < 4.78 is 43.9. The highest BCUT2D eigenvalue weighted by molar-refractivity contribution is 5.35. The van der Waals surface area contributed by atoms with Gasteiger partial charge >= 0.3 is 6.18 Å². The monoisotopic (exact) mass is 289 g/mol. The van der Waals surface area contributed by atoms with E-state index in [9.17, 15) is 13.2 Å². The van der Waals surface area contributed by atoms with Crippen LogP contribution in [0.5, 0.6) is 5.75 Å². The van der Waals surface area contributed by atoms with Crippen LogP contribution < -0.4 is 10.1 Å². The van der Waals surface area contributed by atoms with Crippen molar-refractivity contribution in [2.75, 3.05) is 13.2 Å². The van der Waals surface area contributed by atoms with Crippen LogP contribution in [0.15, 0.2) is 24.3 Å². The van der Waals surface area contributed by atoms with E-state index in [1.807, 2.05) is 20.8 Å². The molecule has 2 nitrogen and oxygen atoms in total. The summed E-state index contributed by atoms with van der Waals surface area (Å²) in [5, 5.41) is 3.29. The number of ether oxygens (including phenoxy) is 1. The predicted molar refractivity (Wildman–Crippen MR) is 73.9 cm³/mol.